The van der Waals surface area contributed by atoms with Crippen molar-refractivity contribution in [2.24, 2.45) is 0 Å². The molecular weight excluding hydrogens is 116 g/mol. The van der Waals surface area contributed by atoms with E-state index in [-0.39, 0.29) is 0 Å². The molecule has 0 spiro atoms. The van der Waals surface area contributed by atoms with E-state index in [2.05, 4.69) is 0 Å². The lowest BCUT2D eigenvalue weighted by Gasteiger charge is -1.79. The molecule has 6 heavy (non-hydrogen) atoms. The highest BCUT2D eigenvalue weighted by molar-refractivity contribution is 8.76. The molecule has 36 valence electrons. The molecule has 0 atom stereocenters. The first kappa shape index (κ1) is 6.37. The number of aldehydes is 1. The summed E-state index contributed by atoms with van der Waals surface area (Å²) in [5, 5.41) is 0. The van der Waals surface area contributed by atoms with Crippen LogP contribution in [0, 0.1) is 0 Å². The van der Waals surface area contributed by atoms with Gasteiger partial charge in [0.05, 0.1) is 5.75 Å². The van der Waals surface area contributed by atoms with Crippen LogP contribution >= 0.6 is 21.6 Å². The standard InChI is InChI=1S/C3H6OS2/c1-5-6-3-2-4/h2H,3H2,1H3. The summed E-state index contributed by atoms with van der Waals surface area (Å²) in [6, 6.07) is 0. The minimum absolute atomic E-state index is 0.612. The molecule has 0 saturated carbocycles. The fraction of sp³-hybridized carbons (Fsp3) is 0.667. The van der Waals surface area contributed by atoms with Crippen LogP contribution in [0.25, 0.3) is 0 Å². The second kappa shape index (κ2) is 5.37. The number of rotatable bonds is 3. The maximum atomic E-state index is 9.53. The highest BCUT2D eigenvalue weighted by Gasteiger charge is 1.75. The minimum atomic E-state index is 0.612. The van der Waals surface area contributed by atoms with Crippen LogP contribution in [0.15, 0.2) is 0 Å². The molecule has 0 radical (unpaired) electrons. The summed E-state index contributed by atoms with van der Waals surface area (Å²) in [7, 11) is 3.17. The van der Waals surface area contributed by atoms with E-state index in [9.17, 15) is 4.79 Å². The highest BCUT2D eigenvalue weighted by atomic mass is 33.1. The van der Waals surface area contributed by atoms with Crippen molar-refractivity contribution in [2.75, 3.05) is 12.0 Å². The summed E-state index contributed by atoms with van der Waals surface area (Å²) in [5.41, 5.74) is 0. The summed E-state index contributed by atoms with van der Waals surface area (Å²) in [5.74, 6) is 0.612. The molecule has 0 aliphatic carbocycles. The Hall–Kier alpha value is 0.370. The highest BCUT2D eigenvalue weighted by Crippen LogP contribution is 2.13. The number of carbonyl (C=O) groups excluding carboxylic acids is 1. The van der Waals surface area contributed by atoms with Gasteiger partial charge in [-0.05, 0) is 6.26 Å². The molecule has 0 aliphatic rings. The molecule has 0 aromatic rings. The normalized spacial score (nSPS) is 8.17. The van der Waals surface area contributed by atoms with E-state index < -0.39 is 0 Å². The fourth-order valence-electron chi connectivity index (χ4n) is 0.0958. The van der Waals surface area contributed by atoms with Gasteiger partial charge in [0.2, 0.25) is 0 Å². The van der Waals surface area contributed by atoms with Gasteiger partial charge >= 0.3 is 0 Å². The monoisotopic (exact) mass is 122 g/mol. The Balaban J connectivity index is 2.49. The van der Waals surface area contributed by atoms with Gasteiger partial charge in [-0.1, -0.05) is 21.6 Å². The summed E-state index contributed by atoms with van der Waals surface area (Å²) >= 11 is 0. The SMILES string of the molecule is CSSCC=O. The lowest BCUT2D eigenvalue weighted by molar-refractivity contribution is -0.105. The first-order valence-electron chi connectivity index (χ1n) is 1.51. The van der Waals surface area contributed by atoms with Crippen molar-refractivity contribution >= 4 is 27.9 Å². The Morgan fingerprint density at radius 1 is 1.83 bits per heavy atom. The van der Waals surface area contributed by atoms with Crippen molar-refractivity contribution in [3.05, 3.63) is 0 Å². The van der Waals surface area contributed by atoms with Crippen LogP contribution in [0.5, 0.6) is 0 Å². The van der Waals surface area contributed by atoms with Gasteiger partial charge in [-0.2, -0.15) is 0 Å². The zero-order chi connectivity index (χ0) is 4.83. The second-order valence-corrected chi connectivity index (χ2v) is 3.23. The van der Waals surface area contributed by atoms with Crippen molar-refractivity contribution in [3.8, 4) is 0 Å². The van der Waals surface area contributed by atoms with Crippen LogP contribution in [0.1, 0.15) is 0 Å². The van der Waals surface area contributed by atoms with Gasteiger partial charge in [-0.15, -0.1) is 0 Å². The Labute approximate surface area is 45.3 Å². The van der Waals surface area contributed by atoms with Crippen molar-refractivity contribution in [3.63, 3.8) is 0 Å². The minimum Gasteiger partial charge on any atom is -0.302 e. The second-order valence-electron chi connectivity index (χ2n) is 0.618. The van der Waals surface area contributed by atoms with Gasteiger partial charge in [-0.3, -0.25) is 0 Å². The quantitative estimate of drug-likeness (QED) is 0.318. The third-order valence-electron chi connectivity index (χ3n) is 0.254. The van der Waals surface area contributed by atoms with Gasteiger partial charge in [0.25, 0.3) is 0 Å². The topological polar surface area (TPSA) is 17.1 Å². The average Bonchev–Trinajstić information content (AvgIpc) is 1.61. The predicted molar refractivity (Wildman–Crippen MR) is 32.0 cm³/mol. The first-order chi connectivity index (χ1) is 2.91. The molecule has 0 fully saturated rings. The largest absolute Gasteiger partial charge is 0.302 e. The molecule has 0 heterocycles. The van der Waals surface area contributed by atoms with E-state index >= 15 is 0 Å². The molecule has 0 bridgehead atoms. The maximum absolute atomic E-state index is 9.53. The van der Waals surface area contributed by atoms with Crippen LogP contribution < -0.4 is 0 Å². The van der Waals surface area contributed by atoms with E-state index in [1.807, 2.05) is 6.26 Å². The van der Waals surface area contributed by atoms with Gasteiger partial charge in [0.15, 0.2) is 0 Å². The van der Waals surface area contributed by atoms with Crippen LogP contribution in [0.4, 0.5) is 0 Å². The van der Waals surface area contributed by atoms with E-state index in [0.717, 1.165) is 6.29 Å². The summed E-state index contributed by atoms with van der Waals surface area (Å²) in [4.78, 5) is 9.53. The molecule has 0 saturated heterocycles. The van der Waals surface area contributed by atoms with E-state index in [0.29, 0.717) is 5.75 Å². The Kier molecular flexibility index (Phi) is 5.70. The lowest BCUT2D eigenvalue weighted by atomic mass is 10.9. The molecule has 0 aromatic heterocycles. The molecule has 0 N–H and O–H groups in total. The molecule has 1 nitrogen and oxygen atoms in total. The molecule has 0 unspecified atom stereocenters. The van der Waals surface area contributed by atoms with Crippen LogP contribution in [-0.4, -0.2) is 18.3 Å². The lowest BCUT2D eigenvalue weighted by Crippen LogP contribution is -1.69. The Bertz CT molecular complexity index is 37.8. The predicted octanol–water partition coefficient (Wildman–Crippen LogP) is 1.20. The average molecular weight is 122 g/mol. The van der Waals surface area contributed by atoms with Crippen molar-refractivity contribution in [1.29, 1.82) is 0 Å². The first-order valence-corrected chi connectivity index (χ1v) is 4.23. The summed E-state index contributed by atoms with van der Waals surface area (Å²) < 4.78 is 0. The number of hydrogen-bond donors (Lipinski definition) is 0. The van der Waals surface area contributed by atoms with E-state index in [1.165, 1.54) is 0 Å². The van der Waals surface area contributed by atoms with Gasteiger partial charge in [-0.25, -0.2) is 0 Å². The molecule has 0 amide bonds. The van der Waals surface area contributed by atoms with Crippen LogP contribution in [0.3, 0.4) is 0 Å². The van der Waals surface area contributed by atoms with Crippen LogP contribution in [0.2, 0.25) is 0 Å². The third-order valence-corrected chi connectivity index (χ3v) is 1.88. The number of carbonyl (C=O) groups is 1. The van der Waals surface area contributed by atoms with Crippen LogP contribution in [-0.2, 0) is 4.79 Å². The third kappa shape index (κ3) is 4.37. The maximum Gasteiger partial charge on any atom is 0.130 e. The molecule has 0 aromatic carbocycles. The van der Waals surface area contributed by atoms with Gasteiger partial charge in [0, 0.05) is 0 Å². The molecular formula is C3H6OS2. The smallest absolute Gasteiger partial charge is 0.130 e. The fourth-order valence-corrected chi connectivity index (χ4v) is 0.862. The van der Waals surface area contributed by atoms with Crippen molar-refractivity contribution < 1.29 is 4.79 Å². The zero-order valence-electron chi connectivity index (χ0n) is 3.51. The van der Waals surface area contributed by atoms with Crippen molar-refractivity contribution in [1.82, 2.24) is 0 Å². The van der Waals surface area contributed by atoms with Gasteiger partial charge in [0.1, 0.15) is 6.29 Å². The number of hydrogen-bond acceptors (Lipinski definition) is 3. The zero-order valence-corrected chi connectivity index (χ0v) is 5.14. The summed E-state index contributed by atoms with van der Waals surface area (Å²) in [6.07, 6.45) is 2.86. The summed E-state index contributed by atoms with van der Waals surface area (Å²) in [6.45, 7) is 0. The Morgan fingerprint density at radius 3 is 2.67 bits per heavy atom. The molecule has 3 heteroatoms. The van der Waals surface area contributed by atoms with E-state index in [1.54, 1.807) is 21.6 Å². The van der Waals surface area contributed by atoms with E-state index in [4.69, 9.17) is 0 Å². The molecule has 0 rings (SSSR count). The Morgan fingerprint density at radius 2 is 2.50 bits per heavy atom. The van der Waals surface area contributed by atoms with Gasteiger partial charge < -0.3 is 4.79 Å². The molecule has 0 aliphatic heterocycles. The van der Waals surface area contributed by atoms with Crippen molar-refractivity contribution in [2.45, 2.75) is 0 Å².